The van der Waals surface area contributed by atoms with Gasteiger partial charge in [0.15, 0.2) is 0 Å². The molecule has 2 rings (SSSR count). The Morgan fingerprint density at radius 2 is 1.86 bits per heavy atom. The van der Waals surface area contributed by atoms with Crippen LogP contribution in [0.25, 0.3) is 0 Å². The number of ether oxygens (including phenoxy) is 1. The van der Waals surface area contributed by atoms with E-state index >= 15 is 0 Å². The summed E-state index contributed by atoms with van der Waals surface area (Å²) in [5.41, 5.74) is 3.68. The number of anilines is 2. The van der Waals surface area contributed by atoms with Crippen molar-refractivity contribution in [1.29, 1.82) is 0 Å². The first kappa shape index (κ1) is 21.4. The van der Waals surface area contributed by atoms with E-state index in [0.29, 0.717) is 15.4 Å². The molecule has 1 heterocycles. The van der Waals surface area contributed by atoms with E-state index in [0.717, 1.165) is 28.2 Å². The molecule has 0 bridgehead atoms. The molecule has 0 atom stereocenters. The fraction of sp³-hybridized carbons (Fsp3) is 0.350. The molecule has 3 N–H and O–H groups in total. The molecule has 8 heteroatoms. The van der Waals surface area contributed by atoms with Crippen LogP contribution in [0.3, 0.4) is 0 Å². The summed E-state index contributed by atoms with van der Waals surface area (Å²) >= 11 is 1.06. The van der Waals surface area contributed by atoms with Gasteiger partial charge in [-0.05, 0) is 50.5 Å². The van der Waals surface area contributed by atoms with Gasteiger partial charge in [0, 0.05) is 12.7 Å². The van der Waals surface area contributed by atoms with Crippen LogP contribution in [0.1, 0.15) is 43.6 Å². The van der Waals surface area contributed by atoms with E-state index in [1.165, 1.54) is 7.05 Å². The second kappa shape index (κ2) is 9.36. The molecule has 1 aromatic carbocycles. The Balaban J connectivity index is 2.21. The molecule has 0 fully saturated rings. The molecule has 0 aliphatic heterocycles. The van der Waals surface area contributed by atoms with E-state index in [2.05, 4.69) is 16.0 Å². The highest BCUT2D eigenvalue weighted by Gasteiger charge is 2.26. The highest BCUT2D eigenvalue weighted by atomic mass is 32.1. The molecule has 0 unspecified atom stereocenters. The molecule has 0 spiro atoms. The number of carbonyl (C=O) groups excluding carboxylic acids is 3. The standard InChI is InChI=1S/C20H25N3O4S/c1-6-27-20(26)16-13(4)17(18(25)21-5)28-19(16)23-15(24)10-22-14-9-11(2)7-8-12(14)3/h7-9,22H,6,10H2,1-5H3,(H,21,25)(H,23,24). The minimum atomic E-state index is -0.566. The predicted molar refractivity (Wildman–Crippen MR) is 111 cm³/mol. The zero-order valence-electron chi connectivity index (χ0n) is 16.7. The Hall–Kier alpha value is -2.87. The van der Waals surface area contributed by atoms with Crippen molar-refractivity contribution in [3.8, 4) is 0 Å². The van der Waals surface area contributed by atoms with Crippen molar-refractivity contribution in [3.05, 3.63) is 45.3 Å². The minimum Gasteiger partial charge on any atom is -0.462 e. The molecule has 0 aliphatic carbocycles. The largest absolute Gasteiger partial charge is 0.462 e. The van der Waals surface area contributed by atoms with Crippen LogP contribution in [0.4, 0.5) is 10.7 Å². The number of hydrogen-bond donors (Lipinski definition) is 3. The van der Waals surface area contributed by atoms with Crippen LogP contribution in [0.5, 0.6) is 0 Å². The van der Waals surface area contributed by atoms with Gasteiger partial charge < -0.3 is 20.7 Å². The van der Waals surface area contributed by atoms with E-state index in [-0.39, 0.29) is 30.5 Å². The van der Waals surface area contributed by atoms with Crippen molar-refractivity contribution in [3.63, 3.8) is 0 Å². The number of hydrogen-bond acceptors (Lipinski definition) is 6. The smallest absolute Gasteiger partial charge is 0.341 e. The van der Waals surface area contributed by atoms with Crippen LogP contribution in [0.15, 0.2) is 18.2 Å². The molecule has 2 aromatic rings. The van der Waals surface area contributed by atoms with Crippen LogP contribution in [-0.4, -0.2) is 38.0 Å². The van der Waals surface area contributed by atoms with Gasteiger partial charge >= 0.3 is 5.97 Å². The summed E-state index contributed by atoms with van der Waals surface area (Å²) in [4.78, 5) is 37.2. The molecule has 0 saturated carbocycles. The molecule has 1 aromatic heterocycles. The maximum Gasteiger partial charge on any atom is 0.341 e. The average molecular weight is 404 g/mol. The lowest BCUT2D eigenvalue weighted by molar-refractivity contribution is -0.114. The van der Waals surface area contributed by atoms with Crippen molar-refractivity contribution < 1.29 is 19.1 Å². The van der Waals surface area contributed by atoms with Gasteiger partial charge in [0.2, 0.25) is 5.91 Å². The summed E-state index contributed by atoms with van der Waals surface area (Å²) in [6.07, 6.45) is 0. The minimum absolute atomic E-state index is 0.0266. The first-order valence-corrected chi connectivity index (χ1v) is 9.73. The van der Waals surface area contributed by atoms with E-state index in [4.69, 9.17) is 4.74 Å². The zero-order chi connectivity index (χ0) is 20.8. The number of nitrogens with one attached hydrogen (secondary N) is 3. The van der Waals surface area contributed by atoms with Crippen molar-refractivity contribution in [2.45, 2.75) is 27.7 Å². The third kappa shape index (κ3) is 4.89. The Morgan fingerprint density at radius 1 is 1.14 bits per heavy atom. The van der Waals surface area contributed by atoms with Crippen molar-refractivity contribution in [1.82, 2.24) is 5.32 Å². The molecule has 2 amide bonds. The summed E-state index contributed by atoms with van der Waals surface area (Å²) in [5, 5.41) is 8.68. The van der Waals surface area contributed by atoms with E-state index in [9.17, 15) is 14.4 Å². The molecule has 28 heavy (non-hydrogen) atoms. The number of amides is 2. The van der Waals surface area contributed by atoms with Crippen LogP contribution >= 0.6 is 11.3 Å². The number of aryl methyl sites for hydroxylation is 2. The van der Waals surface area contributed by atoms with Gasteiger partial charge in [-0.3, -0.25) is 9.59 Å². The van der Waals surface area contributed by atoms with Gasteiger partial charge in [-0.1, -0.05) is 12.1 Å². The number of benzene rings is 1. The van der Waals surface area contributed by atoms with Gasteiger partial charge in [0.05, 0.1) is 23.6 Å². The van der Waals surface area contributed by atoms with Crippen LogP contribution in [-0.2, 0) is 9.53 Å². The predicted octanol–water partition coefficient (Wildman–Crippen LogP) is 3.26. The normalized spacial score (nSPS) is 10.3. The first-order valence-electron chi connectivity index (χ1n) is 8.92. The average Bonchev–Trinajstić information content (AvgIpc) is 2.98. The first-order chi connectivity index (χ1) is 13.3. The Bertz CT molecular complexity index is 905. The topological polar surface area (TPSA) is 96.5 Å². The lowest BCUT2D eigenvalue weighted by Gasteiger charge is -2.11. The maximum atomic E-state index is 12.5. The number of carbonyl (C=O) groups is 3. The maximum absolute atomic E-state index is 12.5. The van der Waals surface area contributed by atoms with Gasteiger partial charge in [-0.2, -0.15) is 0 Å². The van der Waals surface area contributed by atoms with Crippen molar-refractivity contribution >= 4 is 39.8 Å². The van der Waals surface area contributed by atoms with Crippen LogP contribution in [0.2, 0.25) is 0 Å². The highest BCUT2D eigenvalue weighted by Crippen LogP contribution is 2.33. The lowest BCUT2D eigenvalue weighted by Crippen LogP contribution is -2.23. The summed E-state index contributed by atoms with van der Waals surface area (Å²) in [5.74, 6) is -1.21. The second-order valence-electron chi connectivity index (χ2n) is 6.28. The lowest BCUT2D eigenvalue weighted by atomic mass is 10.1. The molecular formula is C20H25N3O4S. The zero-order valence-corrected chi connectivity index (χ0v) is 17.5. The summed E-state index contributed by atoms with van der Waals surface area (Å²) in [6.45, 7) is 7.52. The molecule has 7 nitrogen and oxygen atoms in total. The van der Waals surface area contributed by atoms with Gasteiger partial charge in [0.1, 0.15) is 5.00 Å². The number of rotatable bonds is 7. The van der Waals surface area contributed by atoms with Gasteiger partial charge in [0.25, 0.3) is 5.91 Å². The van der Waals surface area contributed by atoms with Gasteiger partial charge in [-0.25, -0.2) is 4.79 Å². The number of thiophene rings is 1. The Kier molecular flexibility index (Phi) is 7.17. The monoisotopic (exact) mass is 403 g/mol. The third-order valence-electron chi connectivity index (χ3n) is 4.15. The molecular weight excluding hydrogens is 378 g/mol. The van der Waals surface area contributed by atoms with Crippen molar-refractivity contribution in [2.75, 3.05) is 30.8 Å². The highest BCUT2D eigenvalue weighted by molar-refractivity contribution is 7.18. The summed E-state index contributed by atoms with van der Waals surface area (Å²) in [7, 11) is 1.51. The molecule has 150 valence electrons. The van der Waals surface area contributed by atoms with E-state index in [1.54, 1.807) is 13.8 Å². The SMILES string of the molecule is CCOC(=O)c1c(NC(=O)CNc2cc(C)ccc2C)sc(C(=O)NC)c1C. The third-order valence-corrected chi connectivity index (χ3v) is 5.35. The quantitative estimate of drug-likeness (QED) is 0.617. The second-order valence-corrected chi connectivity index (χ2v) is 7.30. The molecule has 0 aliphatic rings. The van der Waals surface area contributed by atoms with E-state index in [1.807, 2.05) is 32.0 Å². The molecule has 0 saturated heterocycles. The van der Waals surface area contributed by atoms with Crippen LogP contribution < -0.4 is 16.0 Å². The fourth-order valence-corrected chi connectivity index (χ4v) is 3.81. The number of esters is 1. The van der Waals surface area contributed by atoms with Gasteiger partial charge in [-0.15, -0.1) is 11.3 Å². The van der Waals surface area contributed by atoms with Crippen molar-refractivity contribution in [2.24, 2.45) is 0 Å². The molecule has 0 radical (unpaired) electrons. The summed E-state index contributed by atoms with van der Waals surface area (Å²) in [6, 6.07) is 5.94. The van der Waals surface area contributed by atoms with E-state index < -0.39 is 5.97 Å². The summed E-state index contributed by atoms with van der Waals surface area (Å²) < 4.78 is 5.09. The Labute approximate surface area is 168 Å². The van der Waals surface area contributed by atoms with Crippen LogP contribution in [0, 0.1) is 20.8 Å². The Morgan fingerprint density at radius 3 is 2.50 bits per heavy atom. The fourth-order valence-electron chi connectivity index (χ4n) is 2.65.